The number of oxazole rings is 1. The summed E-state index contributed by atoms with van der Waals surface area (Å²) in [6.07, 6.45) is 0.584. The normalized spacial score (nSPS) is 10.8. The van der Waals surface area contributed by atoms with Gasteiger partial charge in [-0.15, -0.1) is 0 Å². The number of para-hydroxylation sites is 1. The smallest absolute Gasteiger partial charge is 0.419 e. The molecule has 0 fully saturated rings. The molecule has 130 valence electrons. The Bertz CT molecular complexity index is 961. The number of nitrogens with zero attached hydrogens (tertiary/aromatic N) is 1. The van der Waals surface area contributed by atoms with E-state index in [1.165, 1.54) is 16.7 Å². The molecule has 0 aliphatic heterocycles. The van der Waals surface area contributed by atoms with Crippen LogP contribution in [0.4, 0.5) is 4.39 Å². The maximum absolute atomic E-state index is 13.4. The molecule has 0 saturated heterocycles. The van der Waals surface area contributed by atoms with Crippen molar-refractivity contribution in [3.05, 3.63) is 64.4 Å². The number of hydrogen-bond donors (Lipinski definition) is 1. The highest BCUT2D eigenvalue weighted by Gasteiger charge is 2.08. The number of carbonyl (C=O) groups is 1. The third-order valence-corrected chi connectivity index (χ3v) is 3.79. The van der Waals surface area contributed by atoms with E-state index in [0.29, 0.717) is 24.1 Å². The Kier molecular flexibility index (Phi) is 4.83. The van der Waals surface area contributed by atoms with E-state index in [4.69, 9.17) is 9.15 Å². The van der Waals surface area contributed by atoms with Crippen LogP contribution in [0.15, 0.2) is 51.7 Å². The highest BCUT2D eigenvalue weighted by molar-refractivity contribution is 5.77. The lowest BCUT2D eigenvalue weighted by Gasteiger charge is -2.08. The van der Waals surface area contributed by atoms with Gasteiger partial charge in [0, 0.05) is 13.6 Å². The maximum atomic E-state index is 13.4. The van der Waals surface area contributed by atoms with Crippen LogP contribution < -0.4 is 15.8 Å². The quantitative estimate of drug-likeness (QED) is 0.742. The molecule has 0 aliphatic rings. The molecule has 0 unspecified atom stereocenters. The minimum absolute atomic E-state index is 0.0453. The Balaban J connectivity index is 1.51. The third kappa shape index (κ3) is 3.88. The van der Waals surface area contributed by atoms with Crippen LogP contribution in [0.3, 0.4) is 0 Å². The van der Waals surface area contributed by atoms with Crippen LogP contribution in [-0.4, -0.2) is 23.6 Å². The lowest BCUT2D eigenvalue weighted by atomic mass is 10.1. The topological polar surface area (TPSA) is 73.5 Å². The second-order valence-electron chi connectivity index (χ2n) is 5.55. The second kappa shape index (κ2) is 7.21. The summed E-state index contributed by atoms with van der Waals surface area (Å²) in [6, 6.07) is 11.3. The van der Waals surface area contributed by atoms with Crippen molar-refractivity contribution in [2.45, 2.75) is 6.42 Å². The van der Waals surface area contributed by atoms with Crippen LogP contribution in [0.5, 0.6) is 5.75 Å². The van der Waals surface area contributed by atoms with Crippen molar-refractivity contribution in [2.24, 2.45) is 7.05 Å². The van der Waals surface area contributed by atoms with E-state index < -0.39 is 11.6 Å². The molecular weight excluding hydrogens is 327 g/mol. The van der Waals surface area contributed by atoms with Crippen molar-refractivity contribution in [3.8, 4) is 5.75 Å². The van der Waals surface area contributed by atoms with E-state index in [2.05, 4.69) is 5.32 Å². The van der Waals surface area contributed by atoms with E-state index in [9.17, 15) is 14.0 Å². The monoisotopic (exact) mass is 344 g/mol. The third-order valence-electron chi connectivity index (χ3n) is 3.79. The molecule has 0 atom stereocenters. The first-order valence-electron chi connectivity index (χ1n) is 7.77. The number of amides is 1. The van der Waals surface area contributed by atoms with Gasteiger partial charge in [0.25, 0.3) is 5.91 Å². The molecule has 3 aromatic rings. The van der Waals surface area contributed by atoms with E-state index in [-0.39, 0.29) is 18.3 Å². The zero-order valence-corrected chi connectivity index (χ0v) is 13.6. The number of hydrogen-bond acceptors (Lipinski definition) is 4. The van der Waals surface area contributed by atoms with Gasteiger partial charge in [0.05, 0.1) is 5.52 Å². The number of aromatic nitrogens is 1. The zero-order chi connectivity index (χ0) is 17.8. The summed E-state index contributed by atoms with van der Waals surface area (Å²) in [5.41, 5.74) is 2.19. The van der Waals surface area contributed by atoms with Crippen molar-refractivity contribution < 1.29 is 18.3 Å². The van der Waals surface area contributed by atoms with Gasteiger partial charge in [0.1, 0.15) is 0 Å². The second-order valence-corrected chi connectivity index (χ2v) is 5.55. The minimum atomic E-state index is -0.505. The first kappa shape index (κ1) is 16.8. The Morgan fingerprint density at radius 2 is 2.08 bits per heavy atom. The average Bonchev–Trinajstić information content (AvgIpc) is 2.88. The van der Waals surface area contributed by atoms with Crippen molar-refractivity contribution in [2.75, 3.05) is 13.2 Å². The average molecular weight is 344 g/mol. The molecule has 7 heteroatoms. The number of carbonyl (C=O) groups excluding carboxylic acids is 1. The molecule has 1 aromatic heterocycles. The largest absolute Gasteiger partial charge is 0.481 e. The van der Waals surface area contributed by atoms with Crippen molar-refractivity contribution in [1.29, 1.82) is 0 Å². The molecule has 0 saturated carbocycles. The summed E-state index contributed by atoms with van der Waals surface area (Å²) < 4.78 is 25.0. The fourth-order valence-corrected chi connectivity index (χ4v) is 2.43. The first-order chi connectivity index (χ1) is 12.0. The SMILES string of the molecule is Cn1c(=O)oc2ccc(CCNC(=O)COc3ccccc3F)cc21. The van der Waals surface area contributed by atoms with Gasteiger partial charge >= 0.3 is 5.76 Å². The molecule has 0 spiro atoms. The van der Waals surface area contributed by atoms with Gasteiger partial charge in [0.2, 0.25) is 0 Å². The predicted molar refractivity (Wildman–Crippen MR) is 90.1 cm³/mol. The van der Waals surface area contributed by atoms with Gasteiger partial charge in [-0.05, 0) is 36.2 Å². The zero-order valence-electron chi connectivity index (χ0n) is 13.6. The van der Waals surface area contributed by atoms with Gasteiger partial charge in [-0.2, -0.15) is 0 Å². The van der Waals surface area contributed by atoms with Crippen molar-refractivity contribution in [3.63, 3.8) is 0 Å². The van der Waals surface area contributed by atoms with Crippen molar-refractivity contribution in [1.82, 2.24) is 9.88 Å². The first-order valence-corrected chi connectivity index (χ1v) is 7.77. The maximum Gasteiger partial charge on any atom is 0.419 e. The molecule has 6 nitrogen and oxygen atoms in total. The molecular formula is C18H17FN2O4. The molecule has 1 heterocycles. The van der Waals surface area contributed by atoms with Crippen LogP contribution in [0.25, 0.3) is 11.1 Å². The highest BCUT2D eigenvalue weighted by Crippen LogP contribution is 2.15. The minimum Gasteiger partial charge on any atom is -0.481 e. The molecule has 25 heavy (non-hydrogen) atoms. The van der Waals surface area contributed by atoms with E-state index in [1.54, 1.807) is 25.2 Å². The Labute approximate surface area is 142 Å². The molecule has 1 amide bonds. The number of benzene rings is 2. The summed E-state index contributed by atoms with van der Waals surface area (Å²) in [5.74, 6) is -1.20. The summed E-state index contributed by atoms with van der Waals surface area (Å²) >= 11 is 0. The van der Waals surface area contributed by atoms with Gasteiger partial charge in [-0.3, -0.25) is 9.36 Å². The van der Waals surface area contributed by atoms with Crippen LogP contribution in [0.1, 0.15) is 5.56 Å². The van der Waals surface area contributed by atoms with E-state index in [1.807, 2.05) is 12.1 Å². The molecule has 0 radical (unpaired) electrons. The van der Waals surface area contributed by atoms with Gasteiger partial charge in [-0.25, -0.2) is 9.18 Å². The van der Waals surface area contributed by atoms with Crippen LogP contribution in [0.2, 0.25) is 0 Å². The van der Waals surface area contributed by atoms with Gasteiger partial charge in [0.15, 0.2) is 23.8 Å². The molecule has 0 aliphatic carbocycles. The van der Waals surface area contributed by atoms with E-state index in [0.717, 1.165) is 5.56 Å². The fourth-order valence-electron chi connectivity index (χ4n) is 2.43. The number of halogens is 1. The number of rotatable bonds is 6. The van der Waals surface area contributed by atoms with Gasteiger partial charge < -0.3 is 14.5 Å². The lowest BCUT2D eigenvalue weighted by molar-refractivity contribution is -0.123. The van der Waals surface area contributed by atoms with Crippen LogP contribution >= 0.6 is 0 Å². The summed E-state index contributed by atoms with van der Waals surface area (Å²) in [4.78, 5) is 23.2. The summed E-state index contributed by atoms with van der Waals surface area (Å²) in [7, 11) is 1.64. The fraction of sp³-hybridized carbons (Fsp3) is 0.222. The van der Waals surface area contributed by atoms with Gasteiger partial charge in [-0.1, -0.05) is 18.2 Å². The van der Waals surface area contributed by atoms with E-state index >= 15 is 0 Å². The van der Waals surface area contributed by atoms with Crippen LogP contribution in [0, 0.1) is 5.82 Å². The Morgan fingerprint density at radius 3 is 2.88 bits per heavy atom. The lowest BCUT2D eigenvalue weighted by Crippen LogP contribution is -2.30. The standard InChI is InChI=1S/C18H17FN2O4/c1-21-14-10-12(6-7-16(14)25-18(21)23)8-9-20-17(22)11-24-15-5-3-2-4-13(15)19/h2-7,10H,8-9,11H2,1H3,(H,20,22). The Hall–Kier alpha value is -3.09. The van der Waals surface area contributed by atoms with Crippen molar-refractivity contribution >= 4 is 17.0 Å². The Morgan fingerprint density at radius 1 is 1.28 bits per heavy atom. The van der Waals surface area contributed by atoms with Crippen LogP contribution in [-0.2, 0) is 18.3 Å². The summed E-state index contributed by atoms with van der Waals surface area (Å²) in [5, 5.41) is 2.71. The number of fused-ring (bicyclic) bond motifs is 1. The summed E-state index contributed by atoms with van der Waals surface area (Å²) in [6.45, 7) is 0.146. The number of ether oxygens (including phenoxy) is 1. The number of aryl methyl sites for hydroxylation is 1. The molecule has 0 bridgehead atoms. The highest BCUT2D eigenvalue weighted by atomic mass is 19.1. The molecule has 2 aromatic carbocycles. The molecule has 3 rings (SSSR count). The molecule has 1 N–H and O–H groups in total. The number of nitrogens with one attached hydrogen (secondary N) is 1. The predicted octanol–water partition coefficient (Wildman–Crippen LogP) is 2.01.